The Bertz CT molecular complexity index is 481. The van der Waals surface area contributed by atoms with Crippen LogP contribution in [0.5, 0.6) is 0 Å². The largest absolute Gasteiger partial charge is 0.398 e. The molecule has 5 nitrogen and oxygen atoms in total. The van der Waals surface area contributed by atoms with Gasteiger partial charge in [-0.2, -0.15) is 0 Å². The fourth-order valence-corrected chi connectivity index (χ4v) is 1.37. The number of amides is 2. The van der Waals surface area contributed by atoms with E-state index in [4.69, 9.17) is 11.5 Å². The van der Waals surface area contributed by atoms with Crippen molar-refractivity contribution in [2.75, 3.05) is 12.3 Å². The van der Waals surface area contributed by atoms with E-state index in [1.165, 1.54) is 0 Å². The highest BCUT2D eigenvalue weighted by molar-refractivity contribution is 5.99. The smallest absolute Gasteiger partial charge is 0.253 e. The van der Waals surface area contributed by atoms with E-state index in [0.29, 0.717) is 11.3 Å². The average molecular weight is 249 g/mol. The van der Waals surface area contributed by atoms with Gasteiger partial charge in [0.15, 0.2) is 0 Å². The molecule has 0 aliphatic heterocycles. The van der Waals surface area contributed by atoms with Crippen molar-refractivity contribution in [2.45, 2.75) is 20.8 Å². The summed E-state index contributed by atoms with van der Waals surface area (Å²) in [6, 6.07) is 5.20. The summed E-state index contributed by atoms with van der Waals surface area (Å²) in [5.74, 6) is -0.762. The monoisotopic (exact) mass is 249 g/mol. The molecule has 0 radical (unpaired) electrons. The molecule has 1 aromatic carbocycles. The predicted octanol–water partition coefficient (Wildman–Crippen LogP) is 0.819. The van der Waals surface area contributed by atoms with Gasteiger partial charge in [0.05, 0.1) is 11.0 Å². The molecule has 0 heterocycles. The number of hydrogen-bond donors (Lipinski definition) is 3. The maximum atomic E-state index is 11.9. The molecule has 0 atom stereocenters. The second-order valence-electron chi connectivity index (χ2n) is 5.02. The third-order valence-corrected chi connectivity index (χ3v) is 2.81. The Balaban J connectivity index is 2.75. The van der Waals surface area contributed by atoms with Gasteiger partial charge in [-0.25, -0.2) is 0 Å². The van der Waals surface area contributed by atoms with Crippen molar-refractivity contribution < 1.29 is 9.59 Å². The summed E-state index contributed by atoms with van der Waals surface area (Å²) in [5.41, 5.74) is 12.0. The van der Waals surface area contributed by atoms with Crippen molar-refractivity contribution in [1.82, 2.24) is 5.32 Å². The second-order valence-corrected chi connectivity index (χ2v) is 5.02. The Morgan fingerprint density at radius 3 is 2.44 bits per heavy atom. The number of primary amides is 1. The summed E-state index contributed by atoms with van der Waals surface area (Å²) < 4.78 is 0. The zero-order chi connectivity index (χ0) is 13.9. The molecule has 18 heavy (non-hydrogen) atoms. The molecule has 0 aromatic heterocycles. The maximum Gasteiger partial charge on any atom is 0.253 e. The number of nitrogen functional groups attached to an aromatic ring is 1. The van der Waals surface area contributed by atoms with Crippen LogP contribution in [0.25, 0.3) is 0 Å². The minimum absolute atomic E-state index is 0.175. The number of carbonyl (C=O) groups is 2. The van der Waals surface area contributed by atoms with Crippen molar-refractivity contribution in [1.29, 1.82) is 0 Å². The van der Waals surface area contributed by atoms with E-state index < -0.39 is 11.3 Å². The van der Waals surface area contributed by atoms with Crippen LogP contribution < -0.4 is 16.8 Å². The molecule has 0 aliphatic rings. The molecule has 1 rings (SSSR count). The number of nitrogens with two attached hydrogens (primary N) is 2. The van der Waals surface area contributed by atoms with Crippen LogP contribution in [0.4, 0.5) is 5.69 Å². The highest BCUT2D eigenvalue weighted by Gasteiger charge is 2.25. The van der Waals surface area contributed by atoms with Gasteiger partial charge < -0.3 is 16.8 Å². The van der Waals surface area contributed by atoms with Crippen LogP contribution in [0.3, 0.4) is 0 Å². The maximum absolute atomic E-state index is 11.9. The molecule has 5 N–H and O–H groups in total. The van der Waals surface area contributed by atoms with E-state index in [9.17, 15) is 9.59 Å². The molecule has 0 fully saturated rings. The molecular weight excluding hydrogens is 230 g/mol. The molecule has 98 valence electrons. The summed E-state index contributed by atoms with van der Waals surface area (Å²) in [5, 5.41) is 2.66. The highest BCUT2D eigenvalue weighted by Crippen LogP contribution is 2.15. The molecule has 0 saturated carbocycles. The number of aryl methyl sites for hydroxylation is 1. The number of hydrogen-bond acceptors (Lipinski definition) is 3. The van der Waals surface area contributed by atoms with Crippen LogP contribution in [0.15, 0.2) is 18.2 Å². The van der Waals surface area contributed by atoms with Crippen molar-refractivity contribution in [3.63, 3.8) is 0 Å². The van der Waals surface area contributed by atoms with Crippen molar-refractivity contribution >= 4 is 17.5 Å². The number of nitrogens with one attached hydrogen (secondary N) is 1. The molecule has 5 heteroatoms. The molecule has 2 amide bonds. The fourth-order valence-electron chi connectivity index (χ4n) is 1.37. The Hall–Kier alpha value is -2.04. The van der Waals surface area contributed by atoms with Gasteiger partial charge in [-0.1, -0.05) is 6.07 Å². The van der Waals surface area contributed by atoms with E-state index in [2.05, 4.69) is 5.32 Å². The first kappa shape index (κ1) is 14.0. The number of carbonyl (C=O) groups excluding carboxylic acids is 2. The normalized spacial score (nSPS) is 11.1. The first-order valence-electron chi connectivity index (χ1n) is 5.68. The van der Waals surface area contributed by atoms with E-state index in [1.807, 2.05) is 13.0 Å². The van der Waals surface area contributed by atoms with Gasteiger partial charge in [-0.15, -0.1) is 0 Å². The van der Waals surface area contributed by atoms with Crippen LogP contribution in [0.2, 0.25) is 0 Å². The van der Waals surface area contributed by atoms with Gasteiger partial charge >= 0.3 is 0 Å². The van der Waals surface area contributed by atoms with E-state index in [-0.39, 0.29) is 12.5 Å². The Morgan fingerprint density at radius 2 is 1.94 bits per heavy atom. The third kappa shape index (κ3) is 3.23. The van der Waals surface area contributed by atoms with Crippen molar-refractivity contribution in [2.24, 2.45) is 11.1 Å². The van der Waals surface area contributed by atoms with E-state index in [1.54, 1.807) is 26.0 Å². The zero-order valence-corrected chi connectivity index (χ0v) is 10.9. The first-order chi connectivity index (χ1) is 8.24. The van der Waals surface area contributed by atoms with Gasteiger partial charge in [0.25, 0.3) is 5.91 Å². The molecule has 0 aliphatic carbocycles. The standard InChI is InChI=1S/C13H19N3O2/c1-8-4-5-9(10(14)6-8)11(17)16-7-13(2,3)12(15)18/h4-6H,7,14H2,1-3H3,(H2,15,18)(H,16,17). The molecule has 0 spiro atoms. The number of benzene rings is 1. The fraction of sp³-hybridized carbons (Fsp3) is 0.385. The van der Waals surface area contributed by atoms with Crippen LogP contribution in [0.1, 0.15) is 29.8 Å². The summed E-state index contributed by atoms with van der Waals surface area (Å²) >= 11 is 0. The lowest BCUT2D eigenvalue weighted by molar-refractivity contribution is -0.125. The minimum Gasteiger partial charge on any atom is -0.398 e. The topological polar surface area (TPSA) is 98.2 Å². The molecular formula is C13H19N3O2. The first-order valence-corrected chi connectivity index (χ1v) is 5.68. The van der Waals surface area contributed by atoms with Crippen molar-refractivity contribution in [3.8, 4) is 0 Å². The predicted molar refractivity (Wildman–Crippen MR) is 70.9 cm³/mol. The SMILES string of the molecule is Cc1ccc(C(=O)NCC(C)(C)C(N)=O)c(N)c1. The molecule has 0 bridgehead atoms. The summed E-state index contributed by atoms with van der Waals surface area (Å²) in [7, 11) is 0. The molecule has 1 aromatic rings. The van der Waals surface area contributed by atoms with Crippen LogP contribution in [0, 0.1) is 12.3 Å². The van der Waals surface area contributed by atoms with Crippen LogP contribution in [-0.2, 0) is 4.79 Å². The minimum atomic E-state index is -0.783. The number of anilines is 1. The van der Waals surface area contributed by atoms with Crippen molar-refractivity contribution in [3.05, 3.63) is 29.3 Å². The lowest BCUT2D eigenvalue weighted by atomic mass is 9.92. The molecule has 0 unspecified atom stereocenters. The summed E-state index contributed by atoms with van der Waals surface area (Å²) in [6.45, 7) is 5.42. The van der Waals surface area contributed by atoms with Gasteiger partial charge in [-0.3, -0.25) is 9.59 Å². The van der Waals surface area contributed by atoms with E-state index in [0.717, 1.165) is 5.56 Å². The van der Waals surface area contributed by atoms with E-state index >= 15 is 0 Å². The van der Waals surface area contributed by atoms with Gasteiger partial charge in [-0.05, 0) is 38.5 Å². The lowest BCUT2D eigenvalue weighted by Crippen LogP contribution is -2.42. The highest BCUT2D eigenvalue weighted by atomic mass is 16.2. The quantitative estimate of drug-likeness (QED) is 0.689. The number of rotatable bonds is 4. The van der Waals surface area contributed by atoms with Gasteiger partial charge in [0.2, 0.25) is 5.91 Å². The summed E-state index contributed by atoms with van der Waals surface area (Å²) in [6.07, 6.45) is 0. The molecule has 0 saturated heterocycles. The van der Waals surface area contributed by atoms with Crippen LogP contribution >= 0.6 is 0 Å². The van der Waals surface area contributed by atoms with Gasteiger partial charge in [0, 0.05) is 12.2 Å². The second kappa shape index (κ2) is 5.08. The Morgan fingerprint density at radius 1 is 1.33 bits per heavy atom. The Labute approximate surface area is 107 Å². The van der Waals surface area contributed by atoms with Gasteiger partial charge in [0.1, 0.15) is 0 Å². The zero-order valence-electron chi connectivity index (χ0n) is 10.9. The average Bonchev–Trinajstić information content (AvgIpc) is 2.25. The third-order valence-electron chi connectivity index (χ3n) is 2.81. The van der Waals surface area contributed by atoms with Crippen LogP contribution in [-0.4, -0.2) is 18.4 Å². The Kier molecular flexibility index (Phi) is 3.96. The lowest BCUT2D eigenvalue weighted by Gasteiger charge is -2.21. The summed E-state index contributed by atoms with van der Waals surface area (Å²) in [4.78, 5) is 23.0.